The molecule has 1 amide bonds. The minimum Gasteiger partial charge on any atom is -0.494 e. The minimum atomic E-state index is 0.339. The fourth-order valence-corrected chi connectivity index (χ4v) is 5.73. The third-order valence-corrected chi connectivity index (χ3v) is 7.64. The second-order valence-corrected chi connectivity index (χ2v) is 10.1. The number of carbonyl (C=O) groups is 1. The highest BCUT2D eigenvalue weighted by atomic mass is 16.5. The second kappa shape index (κ2) is 9.88. The van der Waals surface area contributed by atoms with Gasteiger partial charge < -0.3 is 9.64 Å². The van der Waals surface area contributed by atoms with Gasteiger partial charge >= 0.3 is 0 Å². The van der Waals surface area contributed by atoms with E-state index in [1.165, 1.54) is 36.9 Å². The first-order chi connectivity index (χ1) is 16.2. The van der Waals surface area contributed by atoms with Crippen molar-refractivity contribution in [3.8, 4) is 11.4 Å². The summed E-state index contributed by atoms with van der Waals surface area (Å²) in [6.45, 7) is 5.95. The number of benzene rings is 1. The summed E-state index contributed by atoms with van der Waals surface area (Å²) in [6, 6.07) is 8.52. The van der Waals surface area contributed by atoms with Gasteiger partial charge in [0, 0.05) is 37.5 Å². The summed E-state index contributed by atoms with van der Waals surface area (Å²) in [4.78, 5) is 18.0. The summed E-state index contributed by atoms with van der Waals surface area (Å²) in [5, 5.41) is 5.15. The van der Waals surface area contributed by atoms with Gasteiger partial charge in [0.15, 0.2) is 0 Å². The van der Waals surface area contributed by atoms with E-state index in [9.17, 15) is 4.79 Å². The average molecular weight is 451 g/mol. The second-order valence-electron chi connectivity index (χ2n) is 10.1. The lowest BCUT2D eigenvalue weighted by Crippen LogP contribution is -2.35. The van der Waals surface area contributed by atoms with Crippen molar-refractivity contribution in [3.63, 3.8) is 0 Å². The number of amides is 1. The molecule has 0 atom stereocenters. The van der Waals surface area contributed by atoms with Gasteiger partial charge in [-0.15, -0.1) is 0 Å². The SMILES string of the molecule is CCCN1CCc2c(c(CN(C(=O)CC3CCCC3)C3CC3)nn2-c2ccccc2OC)C1. The zero-order valence-corrected chi connectivity index (χ0v) is 20.3. The van der Waals surface area contributed by atoms with Crippen molar-refractivity contribution in [1.29, 1.82) is 0 Å². The third kappa shape index (κ3) is 4.81. The quantitative estimate of drug-likeness (QED) is 0.555. The fraction of sp³-hybridized carbons (Fsp3) is 0.630. The molecule has 1 aromatic heterocycles. The maximum atomic E-state index is 13.4. The van der Waals surface area contributed by atoms with Crippen LogP contribution in [0, 0.1) is 5.92 Å². The first-order valence-electron chi connectivity index (χ1n) is 12.9. The van der Waals surface area contributed by atoms with E-state index in [0.29, 0.717) is 30.8 Å². The average Bonchev–Trinajstić information content (AvgIpc) is 3.43. The van der Waals surface area contributed by atoms with Crippen LogP contribution in [-0.4, -0.2) is 51.7 Å². The number of fused-ring (bicyclic) bond motifs is 1. The summed E-state index contributed by atoms with van der Waals surface area (Å²) in [5.41, 5.74) is 4.66. The molecule has 1 aliphatic heterocycles. The smallest absolute Gasteiger partial charge is 0.223 e. The molecule has 0 bridgehead atoms. The molecule has 3 aliphatic rings. The zero-order valence-electron chi connectivity index (χ0n) is 20.3. The Hall–Kier alpha value is -2.34. The summed E-state index contributed by atoms with van der Waals surface area (Å²) >= 11 is 0. The Morgan fingerprint density at radius 1 is 1.18 bits per heavy atom. The standard InChI is InChI=1S/C27H38N4O2/c1-3-15-29-16-14-24-22(18-29)23(28-31(24)25-10-6-7-11-26(25)33-2)19-30(21-12-13-21)27(32)17-20-8-4-5-9-20/h6-7,10-11,20-21H,3-5,8-9,12-19H2,1-2H3. The number of rotatable bonds is 9. The molecule has 0 unspecified atom stereocenters. The topological polar surface area (TPSA) is 50.6 Å². The predicted molar refractivity (Wildman–Crippen MR) is 130 cm³/mol. The monoisotopic (exact) mass is 450 g/mol. The zero-order chi connectivity index (χ0) is 22.8. The number of methoxy groups -OCH3 is 1. The third-order valence-electron chi connectivity index (χ3n) is 7.64. The van der Waals surface area contributed by atoms with Gasteiger partial charge in [-0.1, -0.05) is 31.9 Å². The van der Waals surface area contributed by atoms with Crippen molar-refractivity contribution >= 4 is 5.91 Å². The van der Waals surface area contributed by atoms with Crippen molar-refractivity contribution in [2.45, 2.75) is 83.8 Å². The molecule has 33 heavy (non-hydrogen) atoms. The van der Waals surface area contributed by atoms with Gasteiger partial charge in [-0.2, -0.15) is 5.10 Å². The Kier molecular flexibility index (Phi) is 6.72. The summed E-state index contributed by atoms with van der Waals surface area (Å²) in [5.74, 6) is 1.76. The number of para-hydroxylation sites is 2. The number of hydrogen-bond donors (Lipinski definition) is 0. The number of hydrogen-bond acceptors (Lipinski definition) is 4. The Morgan fingerprint density at radius 2 is 1.97 bits per heavy atom. The molecule has 0 spiro atoms. The van der Waals surface area contributed by atoms with Gasteiger partial charge in [-0.25, -0.2) is 4.68 Å². The van der Waals surface area contributed by atoms with Crippen molar-refractivity contribution in [2.75, 3.05) is 20.2 Å². The number of ether oxygens (including phenoxy) is 1. The van der Waals surface area contributed by atoms with Gasteiger partial charge in [-0.05, 0) is 56.7 Å². The van der Waals surface area contributed by atoms with Crippen LogP contribution in [-0.2, 0) is 24.3 Å². The van der Waals surface area contributed by atoms with Gasteiger partial charge in [-0.3, -0.25) is 9.69 Å². The maximum Gasteiger partial charge on any atom is 0.223 e. The largest absolute Gasteiger partial charge is 0.494 e. The van der Waals surface area contributed by atoms with E-state index < -0.39 is 0 Å². The van der Waals surface area contributed by atoms with Crippen molar-refractivity contribution < 1.29 is 9.53 Å². The lowest BCUT2D eigenvalue weighted by molar-refractivity contribution is -0.133. The molecular formula is C27H38N4O2. The van der Waals surface area contributed by atoms with E-state index in [4.69, 9.17) is 9.84 Å². The Bertz CT molecular complexity index is 974. The molecule has 2 fully saturated rings. The van der Waals surface area contributed by atoms with E-state index in [0.717, 1.165) is 62.4 Å². The molecule has 6 nitrogen and oxygen atoms in total. The normalized spacial score (nSPS) is 19.0. The molecule has 0 radical (unpaired) electrons. The lowest BCUT2D eigenvalue weighted by Gasteiger charge is -2.28. The van der Waals surface area contributed by atoms with E-state index >= 15 is 0 Å². The van der Waals surface area contributed by atoms with E-state index in [2.05, 4.69) is 27.5 Å². The van der Waals surface area contributed by atoms with Gasteiger partial charge in [0.1, 0.15) is 11.4 Å². The maximum absolute atomic E-state index is 13.4. The molecule has 2 aliphatic carbocycles. The molecular weight excluding hydrogens is 412 g/mol. The first kappa shape index (κ1) is 22.5. The predicted octanol–water partition coefficient (Wildman–Crippen LogP) is 4.72. The van der Waals surface area contributed by atoms with E-state index in [1.807, 2.05) is 18.2 Å². The minimum absolute atomic E-state index is 0.339. The van der Waals surface area contributed by atoms with E-state index in [-0.39, 0.29) is 0 Å². The highest BCUT2D eigenvalue weighted by Gasteiger charge is 2.36. The van der Waals surface area contributed by atoms with Crippen LogP contribution in [0.1, 0.15) is 75.2 Å². The van der Waals surface area contributed by atoms with Crippen molar-refractivity contribution in [3.05, 3.63) is 41.2 Å². The van der Waals surface area contributed by atoms with Crippen LogP contribution in [0.25, 0.3) is 5.69 Å². The molecule has 178 valence electrons. The number of aromatic nitrogens is 2. The fourth-order valence-electron chi connectivity index (χ4n) is 5.73. The summed E-state index contributed by atoms with van der Waals surface area (Å²) in [7, 11) is 1.72. The van der Waals surface area contributed by atoms with Crippen molar-refractivity contribution in [1.82, 2.24) is 19.6 Å². The molecule has 1 aromatic carbocycles. The van der Waals surface area contributed by atoms with Crippen LogP contribution in [0.2, 0.25) is 0 Å². The van der Waals surface area contributed by atoms with Crippen LogP contribution < -0.4 is 4.74 Å². The molecule has 5 rings (SSSR count). The molecule has 2 saturated carbocycles. The molecule has 0 saturated heterocycles. The van der Waals surface area contributed by atoms with Gasteiger partial charge in [0.25, 0.3) is 0 Å². The Balaban J connectivity index is 1.46. The van der Waals surface area contributed by atoms with Crippen LogP contribution in [0.3, 0.4) is 0 Å². The van der Waals surface area contributed by atoms with Gasteiger partial charge in [0.2, 0.25) is 5.91 Å². The lowest BCUT2D eigenvalue weighted by atomic mass is 10.0. The van der Waals surface area contributed by atoms with Crippen molar-refractivity contribution in [2.24, 2.45) is 5.92 Å². The highest BCUT2D eigenvalue weighted by Crippen LogP contribution is 2.35. The van der Waals surface area contributed by atoms with E-state index in [1.54, 1.807) is 7.11 Å². The number of nitrogens with zero attached hydrogens (tertiary/aromatic N) is 4. The van der Waals surface area contributed by atoms with Crippen LogP contribution in [0.4, 0.5) is 0 Å². The first-order valence-corrected chi connectivity index (χ1v) is 12.9. The highest BCUT2D eigenvalue weighted by molar-refractivity contribution is 5.77. The Labute approximate surface area is 197 Å². The van der Waals surface area contributed by atoms with Gasteiger partial charge in [0.05, 0.1) is 25.0 Å². The summed E-state index contributed by atoms with van der Waals surface area (Å²) < 4.78 is 7.76. The molecule has 6 heteroatoms. The van der Waals surface area contributed by atoms with Crippen LogP contribution >= 0.6 is 0 Å². The van der Waals surface area contributed by atoms with Crippen LogP contribution in [0.5, 0.6) is 5.75 Å². The number of carbonyl (C=O) groups excluding carboxylic acids is 1. The summed E-state index contributed by atoms with van der Waals surface area (Å²) in [6.07, 6.45) is 10.1. The van der Waals surface area contributed by atoms with Crippen LogP contribution in [0.15, 0.2) is 24.3 Å². The molecule has 0 N–H and O–H groups in total. The Morgan fingerprint density at radius 3 is 2.70 bits per heavy atom. The molecule has 2 aromatic rings. The molecule has 2 heterocycles.